The Bertz CT molecular complexity index is 444. The zero-order valence-corrected chi connectivity index (χ0v) is 9.85. The van der Waals surface area contributed by atoms with Crippen molar-refractivity contribution in [2.45, 2.75) is 30.7 Å². The molecule has 0 bridgehead atoms. The summed E-state index contributed by atoms with van der Waals surface area (Å²) in [5, 5.41) is 7.80. The van der Waals surface area contributed by atoms with Crippen LogP contribution in [0.15, 0.2) is 0 Å². The predicted octanol–water partition coefficient (Wildman–Crippen LogP) is -0.183. The minimum absolute atomic E-state index is 0.0409. The maximum atomic E-state index is 11.8. The van der Waals surface area contributed by atoms with Crippen LogP contribution in [-0.4, -0.2) is 54.3 Å². The fraction of sp³-hybridized carbons (Fsp3) is 0.778. The van der Waals surface area contributed by atoms with Crippen molar-refractivity contribution in [2.75, 3.05) is 12.3 Å². The monoisotopic (exact) mass is 263 g/mol. The van der Waals surface area contributed by atoms with Crippen molar-refractivity contribution < 1.29 is 27.9 Å². The molecular formula is C9H13NO6S. The van der Waals surface area contributed by atoms with Gasteiger partial charge >= 0.3 is 12.1 Å². The maximum Gasteiger partial charge on any atom is 0.411 e. The van der Waals surface area contributed by atoms with E-state index in [4.69, 9.17) is 5.11 Å². The van der Waals surface area contributed by atoms with Crippen molar-refractivity contribution in [1.82, 2.24) is 4.90 Å². The van der Waals surface area contributed by atoms with E-state index in [0.717, 1.165) is 4.90 Å². The molecule has 0 aromatic carbocycles. The lowest BCUT2D eigenvalue weighted by atomic mass is 10.2. The fourth-order valence-electron chi connectivity index (χ4n) is 2.13. The number of cyclic esters (lactones) is 1. The maximum absolute atomic E-state index is 11.8. The number of carbonyl (C=O) groups excluding carboxylic acids is 1. The molecule has 1 unspecified atom stereocenters. The lowest BCUT2D eigenvalue weighted by molar-refractivity contribution is -0.144. The van der Waals surface area contributed by atoms with Crippen LogP contribution >= 0.6 is 0 Å². The molecule has 2 aliphatic rings. The first-order valence-corrected chi connectivity index (χ1v) is 7.05. The van der Waals surface area contributed by atoms with Gasteiger partial charge in [0.05, 0.1) is 12.3 Å². The summed E-state index contributed by atoms with van der Waals surface area (Å²) in [6, 6.07) is 0. The lowest BCUT2D eigenvalue weighted by Crippen LogP contribution is -2.45. The third kappa shape index (κ3) is 2.21. The minimum Gasteiger partial charge on any atom is -0.478 e. The molecule has 0 aromatic heterocycles. The minimum atomic E-state index is -3.36. The number of rotatable bonds is 2. The van der Waals surface area contributed by atoms with Crippen LogP contribution in [0, 0.1) is 0 Å². The Hall–Kier alpha value is -1.31. The summed E-state index contributed by atoms with van der Waals surface area (Å²) in [5.41, 5.74) is 0. The second-order valence-corrected chi connectivity index (χ2v) is 6.46. The van der Waals surface area contributed by atoms with E-state index in [9.17, 15) is 18.0 Å². The van der Waals surface area contributed by atoms with Gasteiger partial charge in [-0.15, -0.1) is 0 Å². The average Bonchev–Trinajstić information content (AvgIpc) is 2.60. The highest BCUT2D eigenvalue weighted by atomic mass is 32.2. The molecule has 2 saturated heterocycles. The summed E-state index contributed by atoms with van der Waals surface area (Å²) in [6.07, 6.45) is -0.466. The van der Waals surface area contributed by atoms with Crippen LogP contribution in [0.4, 0.5) is 4.79 Å². The first kappa shape index (κ1) is 12.2. The predicted molar refractivity (Wildman–Crippen MR) is 56.0 cm³/mol. The second-order valence-electron chi connectivity index (χ2n) is 4.18. The Labute approximate surface area is 98.3 Å². The van der Waals surface area contributed by atoms with Gasteiger partial charge < -0.3 is 9.84 Å². The molecule has 96 valence electrons. The summed E-state index contributed by atoms with van der Waals surface area (Å²) >= 11 is 0. The number of hydrogen-bond acceptors (Lipinski definition) is 5. The van der Waals surface area contributed by atoms with E-state index in [1.165, 1.54) is 0 Å². The summed E-state index contributed by atoms with van der Waals surface area (Å²) in [6.45, 7) is -0.196. The van der Waals surface area contributed by atoms with Crippen LogP contribution in [-0.2, 0) is 19.4 Å². The molecule has 8 heteroatoms. The highest BCUT2D eigenvalue weighted by Crippen LogP contribution is 2.26. The van der Waals surface area contributed by atoms with Gasteiger partial charge in [0, 0.05) is 0 Å². The third-order valence-corrected chi connectivity index (χ3v) is 5.18. The standard InChI is InChI=1S/C9H13NO6S/c11-8(12)6-5-10(9(13)16-6)7-3-1-2-4-17(7,14)15/h6-7H,1-5H2,(H,11,12)/t6-,7?/m1/s1. The Morgan fingerprint density at radius 2 is 2.12 bits per heavy atom. The molecule has 0 radical (unpaired) electrons. The Balaban J connectivity index is 2.17. The van der Waals surface area contributed by atoms with Crippen molar-refractivity contribution in [1.29, 1.82) is 0 Å². The van der Waals surface area contributed by atoms with Crippen LogP contribution in [0.1, 0.15) is 19.3 Å². The van der Waals surface area contributed by atoms with Gasteiger partial charge in [-0.25, -0.2) is 18.0 Å². The summed E-state index contributed by atoms with van der Waals surface area (Å²) < 4.78 is 28.2. The van der Waals surface area contributed by atoms with Gasteiger partial charge in [0.2, 0.25) is 6.10 Å². The van der Waals surface area contributed by atoms with Gasteiger partial charge in [-0.3, -0.25) is 4.90 Å². The van der Waals surface area contributed by atoms with E-state index >= 15 is 0 Å². The molecule has 2 fully saturated rings. The number of sulfone groups is 1. The van der Waals surface area contributed by atoms with E-state index in [-0.39, 0.29) is 12.3 Å². The number of carbonyl (C=O) groups is 2. The van der Waals surface area contributed by atoms with Gasteiger partial charge in [0.25, 0.3) is 0 Å². The van der Waals surface area contributed by atoms with Crippen molar-refractivity contribution in [3.8, 4) is 0 Å². The normalized spacial score (nSPS) is 32.2. The van der Waals surface area contributed by atoms with E-state index < -0.39 is 33.4 Å². The van der Waals surface area contributed by atoms with Gasteiger partial charge in [-0.2, -0.15) is 0 Å². The first-order valence-electron chi connectivity index (χ1n) is 5.33. The summed E-state index contributed by atoms with van der Waals surface area (Å²) in [4.78, 5) is 23.2. The summed E-state index contributed by atoms with van der Waals surface area (Å²) in [5.74, 6) is -1.21. The molecule has 2 atom stereocenters. The quantitative estimate of drug-likeness (QED) is 0.741. The van der Waals surface area contributed by atoms with Crippen molar-refractivity contribution >= 4 is 21.9 Å². The number of amides is 1. The van der Waals surface area contributed by atoms with Crippen LogP contribution in [0.3, 0.4) is 0 Å². The largest absolute Gasteiger partial charge is 0.478 e. The van der Waals surface area contributed by atoms with E-state index in [0.29, 0.717) is 19.3 Å². The number of ether oxygens (including phenoxy) is 1. The second kappa shape index (κ2) is 4.17. The molecule has 2 aliphatic heterocycles. The SMILES string of the molecule is O=C(O)[C@H]1CN(C2CCCCS2(=O)=O)C(=O)O1. The van der Waals surface area contributed by atoms with E-state index in [2.05, 4.69) is 4.74 Å². The van der Waals surface area contributed by atoms with Crippen LogP contribution in [0.2, 0.25) is 0 Å². The topological polar surface area (TPSA) is 101 Å². The number of aliphatic carboxylic acids is 1. The van der Waals surface area contributed by atoms with Gasteiger partial charge in [-0.1, -0.05) is 0 Å². The zero-order chi connectivity index (χ0) is 12.6. The number of carboxylic acids is 1. The molecule has 1 N–H and O–H groups in total. The van der Waals surface area contributed by atoms with Crippen LogP contribution < -0.4 is 0 Å². The first-order chi connectivity index (χ1) is 7.92. The fourth-order valence-corrected chi connectivity index (χ4v) is 4.10. The average molecular weight is 263 g/mol. The molecule has 0 aliphatic carbocycles. The molecule has 2 rings (SSSR count). The van der Waals surface area contributed by atoms with Gasteiger partial charge in [0.15, 0.2) is 9.84 Å². The van der Waals surface area contributed by atoms with Crippen molar-refractivity contribution in [3.63, 3.8) is 0 Å². The molecular weight excluding hydrogens is 250 g/mol. The molecule has 2 heterocycles. The lowest BCUT2D eigenvalue weighted by Gasteiger charge is -2.28. The number of hydrogen-bond donors (Lipinski definition) is 1. The Morgan fingerprint density at radius 3 is 2.65 bits per heavy atom. The molecule has 17 heavy (non-hydrogen) atoms. The van der Waals surface area contributed by atoms with Crippen LogP contribution in [0.25, 0.3) is 0 Å². The van der Waals surface area contributed by atoms with Gasteiger partial charge in [0.1, 0.15) is 5.37 Å². The molecule has 7 nitrogen and oxygen atoms in total. The Morgan fingerprint density at radius 1 is 1.41 bits per heavy atom. The van der Waals surface area contributed by atoms with Crippen molar-refractivity contribution in [2.24, 2.45) is 0 Å². The summed E-state index contributed by atoms with van der Waals surface area (Å²) in [7, 11) is -3.36. The van der Waals surface area contributed by atoms with Crippen LogP contribution in [0.5, 0.6) is 0 Å². The highest BCUT2D eigenvalue weighted by molar-refractivity contribution is 7.92. The van der Waals surface area contributed by atoms with E-state index in [1.54, 1.807) is 0 Å². The molecule has 0 saturated carbocycles. The Kier molecular flexibility index (Phi) is 2.98. The van der Waals surface area contributed by atoms with Gasteiger partial charge in [-0.05, 0) is 19.3 Å². The van der Waals surface area contributed by atoms with E-state index in [1.807, 2.05) is 0 Å². The molecule has 1 amide bonds. The zero-order valence-electron chi connectivity index (χ0n) is 9.03. The van der Waals surface area contributed by atoms with Crippen molar-refractivity contribution in [3.05, 3.63) is 0 Å². The highest BCUT2D eigenvalue weighted by Gasteiger charge is 2.45. The number of carboxylic acid groups (broad SMARTS) is 1. The number of nitrogens with zero attached hydrogens (tertiary/aromatic N) is 1. The third-order valence-electron chi connectivity index (χ3n) is 3.01. The molecule has 0 aromatic rings. The molecule has 0 spiro atoms. The smallest absolute Gasteiger partial charge is 0.411 e.